The van der Waals surface area contributed by atoms with E-state index in [4.69, 9.17) is 5.26 Å². The van der Waals surface area contributed by atoms with Crippen molar-refractivity contribution >= 4 is 0 Å². The van der Waals surface area contributed by atoms with Gasteiger partial charge in [-0.05, 0) is 12.3 Å². The molecule has 0 aromatic carbocycles. The molecule has 0 aromatic rings. The van der Waals surface area contributed by atoms with Gasteiger partial charge in [-0.15, -0.1) is 0 Å². The number of hydrogen-bond donors (Lipinski definition) is 1. The molecule has 0 radical (unpaired) electrons. The molecule has 50 valence electrons. The van der Waals surface area contributed by atoms with Gasteiger partial charge in [0.2, 0.25) is 0 Å². The maximum atomic E-state index is 7.96. The Hall–Kier alpha value is -0.0800. The molecule has 0 spiro atoms. The third-order valence-electron chi connectivity index (χ3n) is 1.14. The van der Waals surface area contributed by atoms with Gasteiger partial charge in [0, 0.05) is 0 Å². The Balaban J connectivity index is 2.92. The summed E-state index contributed by atoms with van der Waals surface area (Å²) in [6.07, 6.45) is 2.28. The van der Waals surface area contributed by atoms with E-state index in [9.17, 15) is 0 Å². The van der Waals surface area contributed by atoms with Gasteiger partial charge in [0.05, 0.1) is 6.61 Å². The third kappa shape index (κ3) is 4.09. The fraction of sp³-hybridized carbons (Fsp3) is 1.00. The summed E-state index contributed by atoms with van der Waals surface area (Å²) in [5.74, 6) is 0.491. The van der Waals surface area contributed by atoms with Crippen LogP contribution in [0.5, 0.6) is 0 Å². The Kier molecular flexibility index (Phi) is 5.01. The second-order valence-electron chi connectivity index (χ2n) is 2.19. The second kappa shape index (κ2) is 5.06. The van der Waals surface area contributed by atoms with E-state index in [1.807, 2.05) is 0 Å². The first-order valence-electron chi connectivity index (χ1n) is 3.07. The van der Waals surface area contributed by atoms with Crippen molar-refractivity contribution < 1.29 is 10.1 Å². The molecule has 1 N–H and O–H groups in total. The summed E-state index contributed by atoms with van der Waals surface area (Å²) >= 11 is 0. The summed E-state index contributed by atoms with van der Waals surface area (Å²) in [6.45, 7) is 4.64. The summed E-state index contributed by atoms with van der Waals surface area (Å²) in [5, 5.41) is 7.96. The molecule has 0 fully saturated rings. The third-order valence-corrected chi connectivity index (χ3v) is 1.14. The largest absolute Gasteiger partial charge is 0.252 e. The van der Waals surface area contributed by atoms with Crippen molar-refractivity contribution in [2.24, 2.45) is 5.92 Å². The van der Waals surface area contributed by atoms with Crippen LogP contribution in [0.2, 0.25) is 0 Å². The van der Waals surface area contributed by atoms with Crippen molar-refractivity contribution in [2.45, 2.75) is 26.7 Å². The molecule has 0 saturated heterocycles. The second-order valence-corrected chi connectivity index (χ2v) is 2.19. The SMILES string of the molecule is CCCC(C)COO. The first kappa shape index (κ1) is 7.92. The maximum absolute atomic E-state index is 7.96. The van der Waals surface area contributed by atoms with Gasteiger partial charge in [-0.3, -0.25) is 5.26 Å². The molecular weight excluding hydrogens is 104 g/mol. The molecule has 0 aliphatic carbocycles. The Morgan fingerprint density at radius 2 is 2.25 bits per heavy atom. The van der Waals surface area contributed by atoms with Gasteiger partial charge < -0.3 is 0 Å². The minimum absolute atomic E-state index is 0.466. The molecule has 0 saturated carbocycles. The van der Waals surface area contributed by atoms with Crippen molar-refractivity contribution in [3.8, 4) is 0 Å². The van der Waals surface area contributed by atoms with E-state index in [0.717, 1.165) is 12.8 Å². The van der Waals surface area contributed by atoms with Crippen LogP contribution in [0.15, 0.2) is 0 Å². The monoisotopic (exact) mass is 118 g/mol. The van der Waals surface area contributed by atoms with Crippen molar-refractivity contribution in [3.63, 3.8) is 0 Å². The van der Waals surface area contributed by atoms with Gasteiger partial charge in [-0.1, -0.05) is 20.3 Å². The van der Waals surface area contributed by atoms with Gasteiger partial charge in [0.1, 0.15) is 0 Å². The van der Waals surface area contributed by atoms with Crippen LogP contribution in [0.25, 0.3) is 0 Å². The van der Waals surface area contributed by atoms with Crippen LogP contribution in [-0.2, 0) is 4.89 Å². The molecule has 2 heteroatoms. The summed E-state index contributed by atoms with van der Waals surface area (Å²) in [7, 11) is 0. The predicted octanol–water partition coefficient (Wildman–Crippen LogP) is 1.91. The Morgan fingerprint density at radius 1 is 1.62 bits per heavy atom. The molecule has 2 nitrogen and oxygen atoms in total. The van der Waals surface area contributed by atoms with E-state index in [2.05, 4.69) is 18.7 Å². The van der Waals surface area contributed by atoms with Crippen molar-refractivity contribution in [1.29, 1.82) is 0 Å². The van der Waals surface area contributed by atoms with Crippen LogP contribution < -0.4 is 0 Å². The fourth-order valence-electron chi connectivity index (χ4n) is 0.703. The highest BCUT2D eigenvalue weighted by Crippen LogP contribution is 2.03. The van der Waals surface area contributed by atoms with Gasteiger partial charge in [-0.25, -0.2) is 4.89 Å². The molecule has 0 aromatic heterocycles. The Morgan fingerprint density at radius 3 is 2.62 bits per heavy atom. The van der Waals surface area contributed by atoms with E-state index in [-0.39, 0.29) is 0 Å². The van der Waals surface area contributed by atoms with Crippen LogP contribution in [0.1, 0.15) is 26.7 Å². The standard InChI is InChI=1S/C6H14O2/c1-3-4-6(2)5-8-7/h6-7H,3-5H2,1-2H3. The molecule has 1 atom stereocenters. The Labute approximate surface area is 50.4 Å². The summed E-state index contributed by atoms with van der Waals surface area (Å²) in [6, 6.07) is 0. The topological polar surface area (TPSA) is 29.5 Å². The van der Waals surface area contributed by atoms with Crippen LogP contribution >= 0.6 is 0 Å². The summed E-state index contributed by atoms with van der Waals surface area (Å²) < 4.78 is 0. The average Bonchev–Trinajstić information content (AvgIpc) is 1.68. The van der Waals surface area contributed by atoms with Crippen molar-refractivity contribution in [3.05, 3.63) is 0 Å². The van der Waals surface area contributed by atoms with Gasteiger partial charge in [0.15, 0.2) is 0 Å². The fourth-order valence-corrected chi connectivity index (χ4v) is 0.703. The first-order chi connectivity index (χ1) is 3.81. The Bertz CT molecular complexity index is 39.8. The lowest BCUT2D eigenvalue weighted by Crippen LogP contribution is -2.02. The molecule has 8 heavy (non-hydrogen) atoms. The number of rotatable bonds is 4. The molecular formula is C6H14O2. The molecule has 0 heterocycles. The lowest BCUT2D eigenvalue weighted by atomic mass is 10.1. The maximum Gasteiger partial charge on any atom is 0.0845 e. The molecule has 0 aliphatic heterocycles. The van der Waals surface area contributed by atoms with Crippen LogP contribution in [0.4, 0.5) is 0 Å². The van der Waals surface area contributed by atoms with E-state index < -0.39 is 0 Å². The van der Waals surface area contributed by atoms with Gasteiger partial charge >= 0.3 is 0 Å². The van der Waals surface area contributed by atoms with E-state index in [1.54, 1.807) is 0 Å². The van der Waals surface area contributed by atoms with Crippen molar-refractivity contribution in [1.82, 2.24) is 0 Å². The first-order valence-corrected chi connectivity index (χ1v) is 3.07. The molecule has 1 unspecified atom stereocenters. The van der Waals surface area contributed by atoms with E-state index >= 15 is 0 Å². The normalized spacial score (nSPS) is 13.9. The lowest BCUT2D eigenvalue weighted by Gasteiger charge is -2.04. The highest BCUT2D eigenvalue weighted by atomic mass is 17.1. The molecule has 0 amide bonds. The smallest absolute Gasteiger partial charge is 0.0845 e. The minimum atomic E-state index is 0.466. The lowest BCUT2D eigenvalue weighted by molar-refractivity contribution is -0.250. The summed E-state index contributed by atoms with van der Waals surface area (Å²) in [4.78, 5) is 3.96. The highest BCUT2D eigenvalue weighted by molar-refractivity contribution is 4.46. The molecule has 0 rings (SSSR count). The zero-order chi connectivity index (χ0) is 6.41. The van der Waals surface area contributed by atoms with Crippen LogP contribution in [0.3, 0.4) is 0 Å². The van der Waals surface area contributed by atoms with Crippen LogP contribution in [0, 0.1) is 5.92 Å². The summed E-state index contributed by atoms with van der Waals surface area (Å²) in [5.41, 5.74) is 0. The zero-order valence-electron chi connectivity index (χ0n) is 5.55. The minimum Gasteiger partial charge on any atom is -0.252 e. The highest BCUT2D eigenvalue weighted by Gasteiger charge is 1.97. The predicted molar refractivity (Wildman–Crippen MR) is 32.7 cm³/mol. The quantitative estimate of drug-likeness (QED) is 0.451. The molecule has 0 aliphatic rings. The van der Waals surface area contributed by atoms with E-state index in [0.29, 0.717) is 12.5 Å². The van der Waals surface area contributed by atoms with Crippen molar-refractivity contribution in [2.75, 3.05) is 6.61 Å². The van der Waals surface area contributed by atoms with Gasteiger partial charge in [0.25, 0.3) is 0 Å². The van der Waals surface area contributed by atoms with Gasteiger partial charge in [-0.2, -0.15) is 0 Å². The molecule has 0 bridgehead atoms. The van der Waals surface area contributed by atoms with Crippen LogP contribution in [-0.4, -0.2) is 11.9 Å². The zero-order valence-corrected chi connectivity index (χ0v) is 5.55. The number of hydrogen-bond acceptors (Lipinski definition) is 2. The average molecular weight is 118 g/mol. The van der Waals surface area contributed by atoms with E-state index in [1.165, 1.54) is 0 Å².